The Balaban J connectivity index is 2.62. The first kappa shape index (κ1) is 12.9. The van der Waals surface area contributed by atoms with E-state index in [1.807, 2.05) is 0 Å². The zero-order chi connectivity index (χ0) is 11.3. The van der Waals surface area contributed by atoms with Crippen molar-refractivity contribution in [3.8, 4) is 0 Å². The third-order valence-corrected chi connectivity index (χ3v) is 3.83. The fourth-order valence-electron chi connectivity index (χ4n) is 2.66. The highest BCUT2D eigenvalue weighted by Gasteiger charge is 2.37. The van der Waals surface area contributed by atoms with Crippen LogP contribution < -0.4 is 5.73 Å². The van der Waals surface area contributed by atoms with Crippen molar-refractivity contribution in [2.45, 2.75) is 51.1 Å². The minimum absolute atomic E-state index is 0.132. The van der Waals surface area contributed by atoms with Gasteiger partial charge >= 0.3 is 0 Å². The zero-order valence-corrected chi connectivity index (χ0v) is 10.5. The van der Waals surface area contributed by atoms with E-state index in [0.29, 0.717) is 0 Å². The Kier molecular flexibility index (Phi) is 5.03. The number of hydrogen-bond acceptors (Lipinski definition) is 3. The van der Waals surface area contributed by atoms with E-state index in [4.69, 9.17) is 10.5 Å². The molecule has 0 amide bonds. The van der Waals surface area contributed by atoms with Crippen molar-refractivity contribution in [3.05, 3.63) is 0 Å². The van der Waals surface area contributed by atoms with Crippen molar-refractivity contribution in [1.29, 1.82) is 0 Å². The quantitative estimate of drug-likeness (QED) is 0.730. The molecule has 0 spiro atoms. The lowest BCUT2D eigenvalue weighted by Gasteiger charge is -2.41. The summed E-state index contributed by atoms with van der Waals surface area (Å²) >= 11 is 0. The molecule has 0 saturated carbocycles. The van der Waals surface area contributed by atoms with Gasteiger partial charge in [-0.15, -0.1) is 0 Å². The molecule has 1 fully saturated rings. The first-order valence-corrected chi connectivity index (χ1v) is 6.13. The molecule has 1 aliphatic heterocycles. The fourth-order valence-corrected chi connectivity index (χ4v) is 2.66. The Bertz CT molecular complexity index is 186. The Labute approximate surface area is 94.0 Å². The summed E-state index contributed by atoms with van der Waals surface area (Å²) in [5.74, 6) is 0. The van der Waals surface area contributed by atoms with E-state index in [1.54, 1.807) is 7.11 Å². The Morgan fingerprint density at radius 3 is 2.80 bits per heavy atom. The van der Waals surface area contributed by atoms with Crippen molar-refractivity contribution in [2.24, 2.45) is 5.73 Å². The van der Waals surface area contributed by atoms with Gasteiger partial charge in [0.25, 0.3) is 0 Å². The highest BCUT2D eigenvalue weighted by atomic mass is 16.5. The number of nitrogens with zero attached hydrogens (tertiary/aromatic N) is 1. The monoisotopic (exact) mass is 214 g/mol. The van der Waals surface area contributed by atoms with Crippen LogP contribution in [0.1, 0.15) is 39.5 Å². The molecule has 0 radical (unpaired) electrons. The average molecular weight is 214 g/mol. The molecule has 90 valence electrons. The Morgan fingerprint density at radius 1 is 1.53 bits per heavy atom. The second-order valence-corrected chi connectivity index (χ2v) is 4.84. The first-order chi connectivity index (χ1) is 7.18. The van der Waals surface area contributed by atoms with E-state index < -0.39 is 0 Å². The summed E-state index contributed by atoms with van der Waals surface area (Å²) in [4.78, 5) is 2.60. The summed E-state index contributed by atoms with van der Waals surface area (Å²) in [6.45, 7) is 7.29. The molecule has 1 heterocycles. The molecule has 0 bridgehead atoms. The van der Waals surface area contributed by atoms with Gasteiger partial charge in [0.05, 0.1) is 0 Å². The van der Waals surface area contributed by atoms with E-state index in [-0.39, 0.29) is 5.54 Å². The van der Waals surface area contributed by atoms with Gasteiger partial charge in [0.2, 0.25) is 0 Å². The first-order valence-electron chi connectivity index (χ1n) is 6.13. The SMILES string of the molecule is CCC1CCCN1C(C)(CN)CCOC. The molecule has 3 heteroatoms. The minimum Gasteiger partial charge on any atom is -0.385 e. The zero-order valence-electron chi connectivity index (χ0n) is 10.5. The number of hydrogen-bond donors (Lipinski definition) is 1. The predicted molar refractivity (Wildman–Crippen MR) is 64.0 cm³/mol. The predicted octanol–water partition coefficient (Wildman–Crippen LogP) is 1.61. The van der Waals surface area contributed by atoms with Crippen molar-refractivity contribution < 1.29 is 4.74 Å². The summed E-state index contributed by atoms with van der Waals surface area (Å²) in [6.07, 6.45) is 4.93. The topological polar surface area (TPSA) is 38.5 Å². The fraction of sp³-hybridized carbons (Fsp3) is 1.00. The maximum absolute atomic E-state index is 5.95. The van der Waals surface area contributed by atoms with E-state index in [2.05, 4.69) is 18.7 Å². The molecular weight excluding hydrogens is 188 g/mol. The van der Waals surface area contributed by atoms with E-state index >= 15 is 0 Å². The number of ether oxygens (including phenoxy) is 1. The molecule has 0 aromatic rings. The van der Waals surface area contributed by atoms with E-state index in [1.165, 1.54) is 25.8 Å². The van der Waals surface area contributed by atoms with Gasteiger partial charge in [-0.3, -0.25) is 4.90 Å². The molecule has 2 atom stereocenters. The van der Waals surface area contributed by atoms with Crippen molar-refractivity contribution >= 4 is 0 Å². The largest absolute Gasteiger partial charge is 0.385 e. The van der Waals surface area contributed by atoms with Crippen molar-refractivity contribution in [3.63, 3.8) is 0 Å². The molecular formula is C12H26N2O. The molecule has 1 saturated heterocycles. The summed E-state index contributed by atoms with van der Waals surface area (Å²) in [7, 11) is 1.76. The van der Waals surface area contributed by atoms with Crippen LogP contribution in [0.3, 0.4) is 0 Å². The van der Waals surface area contributed by atoms with Gasteiger partial charge in [-0.2, -0.15) is 0 Å². The van der Waals surface area contributed by atoms with Crippen LogP contribution in [-0.2, 0) is 4.74 Å². The van der Waals surface area contributed by atoms with Gasteiger partial charge in [0, 0.05) is 31.8 Å². The van der Waals surface area contributed by atoms with Gasteiger partial charge in [-0.05, 0) is 39.2 Å². The van der Waals surface area contributed by atoms with Crippen LogP contribution in [0, 0.1) is 0 Å². The summed E-state index contributed by atoms with van der Waals surface area (Å²) < 4.78 is 5.19. The summed E-state index contributed by atoms with van der Waals surface area (Å²) in [6, 6.07) is 0.732. The maximum Gasteiger partial charge on any atom is 0.0480 e. The lowest BCUT2D eigenvalue weighted by molar-refractivity contribution is 0.0572. The summed E-state index contributed by atoms with van der Waals surface area (Å²) in [5.41, 5.74) is 6.08. The Hall–Kier alpha value is -0.120. The minimum atomic E-state index is 0.132. The highest BCUT2D eigenvalue weighted by Crippen LogP contribution is 2.30. The standard InChI is InChI=1S/C12H26N2O/c1-4-11-6-5-8-14(11)12(2,10-13)7-9-15-3/h11H,4-10,13H2,1-3H3. The number of methoxy groups -OCH3 is 1. The molecule has 0 aromatic carbocycles. The smallest absolute Gasteiger partial charge is 0.0480 e. The third-order valence-electron chi connectivity index (χ3n) is 3.83. The molecule has 2 N–H and O–H groups in total. The van der Waals surface area contributed by atoms with Crippen LogP contribution in [0.5, 0.6) is 0 Å². The van der Waals surface area contributed by atoms with Gasteiger partial charge in [-0.1, -0.05) is 6.92 Å². The maximum atomic E-state index is 5.95. The van der Waals surface area contributed by atoms with Crippen LogP contribution in [0.15, 0.2) is 0 Å². The van der Waals surface area contributed by atoms with Crippen LogP contribution in [0.25, 0.3) is 0 Å². The molecule has 1 rings (SSSR count). The lowest BCUT2D eigenvalue weighted by atomic mass is 9.94. The normalized spacial score (nSPS) is 26.8. The second kappa shape index (κ2) is 5.83. The van der Waals surface area contributed by atoms with Gasteiger partial charge in [-0.25, -0.2) is 0 Å². The lowest BCUT2D eigenvalue weighted by Crippen LogP contribution is -2.54. The van der Waals surface area contributed by atoms with E-state index in [0.717, 1.165) is 25.6 Å². The van der Waals surface area contributed by atoms with Gasteiger partial charge in [0.15, 0.2) is 0 Å². The molecule has 0 aromatic heterocycles. The molecule has 3 nitrogen and oxygen atoms in total. The van der Waals surface area contributed by atoms with Crippen molar-refractivity contribution in [1.82, 2.24) is 4.90 Å². The van der Waals surface area contributed by atoms with Gasteiger partial charge < -0.3 is 10.5 Å². The molecule has 1 aliphatic rings. The molecule has 0 aliphatic carbocycles. The number of nitrogens with two attached hydrogens (primary N) is 1. The third kappa shape index (κ3) is 2.92. The van der Waals surface area contributed by atoms with Crippen LogP contribution >= 0.6 is 0 Å². The van der Waals surface area contributed by atoms with Crippen molar-refractivity contribution in [2.75, 3.05) is 26.8 Å². The Morgan fingerprint density at radius 2 is 2.27 bits per heavy atom. The second-order valence-electron chi connectivity index (χ2n) is 4.84. The summed E-state index contributed by atoms with van der Waals surface area (Å²) in [5, 5.41) is 0. The van der Waals surface area contributed by atoms with Gasteiger partial charge in [0.1, 0.15) is 0 Å². The highest BCUT2D eigenvalue weighted by molar-refractivity contribution is 4.94. The molecule has 15 heavy (non-hydrogen) atoms. The van der Waals surface area contributed by atoms with Crippen LogP contribution in [0.2, 0.25) is 0 Å². The number of likely N-dealkylation sites (tertiary alicyclic amines) is 1. The average Bonchev–Trinajstić information content (AvgIpc) is 2.74. The molecule has 2 unspecified atom stereocenters. The van der Waals surface area contributed by atoms with E-state index in [9.17, 15) is 0 Å². The number of rotatable bonds is 6. The van der Waals surface area contributed by atoms with Crippen LogP contribution in [-0.4, -0.2) is 43.3 Å². The van der Waals surface area contributed by atoms with Crippen LogP contribution in [0.4, 0.5) is 0 Å².